The van der Waals surface area contributed by atoms with E-state index in [0.29, 0.717) is 43.2 Å². The van der Waals surface area contributed by atoms with E-state index in [4.69, 9.17) is 4.42 Å². The molecule has 3 saturated carbocycles. The number of ether oxygens (including phenoxy) is 1. The summed E-state index contributed by atoms with van der Waals surface area (Å²) in [7, 11) is 0. The van der Waals surface area contributed by atoms with Gasteiger partial charge in [-0.3, -0.25) is 9.69 Å². The molecule has 9 atom stereocenters. The van der Waals surface area contributed by atoms with E-state index < -0.39 is 47.0 Å². The fourth-order valence-corrected chi connectivity index (χ4v) is 11.1. The molecule has 266 valence electrons. The Morgan fingerprint density at radius 2 is 1.73 bits per heavy atom. The maximum absolute atomic E-state index is 14.4. The zero-order valence-corrected chi connectivity index (χ0v) is 28.0. The molecule has 8 rings (SSSR count). The molecule has 0 radical (unpaired) electrons. The Morgan fingerprint density at radius 3 is 2.41 bits per heavy atom. The van der Waals surface area contributed by atoms with Crippen molar-refractivity contribution in [3.05, 3.63) is 77.8 Å². The second kappa shape index (κ2) is 11.8. The molecule has 8 nitrogen and oxygen atoms in total. The van der Waals surface area contributed by atoms with E-state index in [9.17, 15) is 38.4 Å². The number of hydrogen-bond donors (Lipinski definition) is 4. The van der Waals surface area contributed by atoms with Crippen molar-refractivity contribution in [1.82, 2.24) is 4.90 Å². The van der Waals surface area contributed by atoms with Crippen molar-refractivity contribution in [3.63, 3.8) is 0 Å². The van der Waals surface area contributed by atoms with E-state index in [1.165, 1.54) is 30.5 Å². The number of nitrogens with zero attached hydrogens (tertiary/aromatic N) is 1. The van der Waals surface area contributed by atoms with Gasteiger partial charge in [0.25, 0.3) is 0 Å². The summed E-state index contributed by atoms with van der Waals surface area (Å²) in [5.41, 5.74) is -1.85. The van der Waals surface area contributed by atoms with E-state index in [1.807, 2.05) is 4.90 Å². The van der Waals surface area contributed by atoms with Crippen molar-refractivity contribution in [2.75, 3.05) is 19.7 Å². The van der Waals surface area contributed by atoms with Gasteiger partial charge >= 0.3 is 6.36 Å². The Kier molecular flexibility index (Phi) is 8.31. The lowest BCUT2D eigenvalue weighted by molar-refractivity contribution is -0.274. The predicted molar refractivity (Wildman–Crippen MR) is 173 cm³/mol. The van der Waals surface area contributed by atoms with Crippen LogP contribution >= 0.6 is 0 Å². The van der Waals surface area contributed by atoms with Gasteiger partial charge in [0.15, 0.2) is 5.76 Å². The number of hydrogen-bond acceptors (Lipinski definition) is 8. The number of ketones is 1. The maximum Gasteiger partial charge on any atom is 0.573 e. The number of aliphatic hydroxyl groups excluding tert-OH is 3. The molecule has 2 spiro atoms. The van der Waals surface area contributed by atoms with Gasteiger partial charge in [-0.25, -0.2) is 0 Å². The van der Waals surface area contributed by atoms with Gasteiger partial charge in [-0.2, -0.15) is 0 Å². The molecule has 6 aliphatic carbocycles. The highest BCUT2D eigenvalue weighted by Crippen LogP contribution is 2.78. The van der Waals surface area contributed by atoms with Gasteiger partial charge in [0, 0.05) is 41.5 Å². The Hall–Kier alpha value is -2.96. The van der Waals surface area contributed by atoms with Crippen LogP contribution in [0.4, 0.5) is 13.2 Å². The summed E-state index contributed by atoms with van der Waals surface area (Å²) in [6.07, 6.45) is 6.42. The van der Waals surface area contributed by atoms with Crippen molar-refractivity contribution in [2.45, 2.75) is 89.5 Å². The number of Topliss-reactive ketones (excluding diaryl/α,β-unsaturated/α-hetero) is 1. The summed E-state index contributed by atoms with van der Waals surface area (Å²) in [5.74, 6) is -0.223. The number of furan rings is 1. The lowest BCUT2D eigenvalue weighted by atomic mass is 9.32. The van der Waals surface area contributed by atoms with E-state index in [0.717, 1.165) is 12.8 Å². The Morgan fingerprint density at radius 1 is 1.04 bits per heavy atom. The topological polar surface area (TPSA) is 124 Å². The summed E-state index contributed by atoms with van der Waals surface area (Å²) in [6.45, 7) is 4.36. The fourth-order valence-electron chi connectivity index (χ4n) is 11.1. The third kappa shape index (κ3) is 5.34. The quantitative estimate of drug-likeness (QED) is 0.183. The van der Waals surface area contributed by atoms with Crippen LogP contribution in [0.1, 0.15) is 74.9 Å². The third-order valence-corrected chi connectivity index (χ3v) is 13.4. The number of allylic oxidation sites excluding steroid dienone is 4. The zero-order valence-electron chi connectivity index (χ0n) is 28.0. The molecule has 11 heteroatoms. The molecule has 4 N–H and O–H groups in total. The maximum atomic E-state index is 14.4. The first kappa shape index (κ1) is 34.5. The largest absolute Gasteiger partial charge is 0.573 e. The number of carbonyl (C=O) groups is 1. The first-order chi connectivity index (χ1) is 23.1. The molecule has 1 aromatic heterocycles. The van der Waals surface area contributed by atoms with Crippen molar-refractivity contribution < 1.29 is 47.5 Å². The molecule has 2 aromatic rings. The lowest BCUT2D eigenvalue weighted by Crippen LogP contribution is -2.67. The monoisotopic (exact) mass is 685 g/mol. The summed E-state index contributed by atoms with van der Waals surface area (Å²) in [6, 6.07) is 8.91. The van der Waals surface area contributed by atoms with Gasteiger partial charge in [-0.15, -0.1) is 13.2 Å². The predicted octanol–water partition coefficient (Wildman–Crippen LogP) is 5.81. The number of aliphatic hydroxyl groups is 4. The van der Waals surface area contributed by atoms with Gasteiger partial charge in [-0.1, -0.05) is 44.2 Å². The van der Waals surface area contributed by atoms with Crippen LogP contribution in [0.15, 0.2) is 70.9 Å². The molecule has 0 amide bonds. The van der Waals surface area contributed by atoms with E-state index in [2.05, 4.69) is 36.8 Å². The molecule has 49 heavy (non-hydrogen) atoms. The first-order valence-corrected chi connectivity index (χ1v) is 17.4. The average Bonchev–Trinajstić information content (AvgIpc) is 3.67. The number of alkyl halides is 3. The standard InChI is InChI=1S/C38H46F3NO7/c1-33-12-9-25(44)18-35(33)15-16-37(28(19-35)32(46)29-4-3-17-48-29)30(33)10-13-34(2)31(37)11-14-36(34,47)23-42(21-26(45)22-43)20-24-5-7-27(8-6-24)49-38(39,40)41/h3-8,15-17,19,25-26,30-31,43-45,47H,9-14,18,20-23H2,1-2H3. The van der Waals surface area contributed by atoms with Crippen LogP contribution in [0.5, 0.6) is 5.75 Å². The van der Waals surface area contributed by atoms with Crippen molar-refractivity contribution in [3.8, 4) is 5.75 Å². The average molecular weight is 686 g/mol. The Bertz CT molecular complexity index is 1620. The van der Waals surface area contributed by atoms with E-state index in [1.54, 1.807) is 12.1 Å². The van der Waals surface area contributed by atoms with Crippen LogP contribution in [0, 0.1) is 33.5 Å². The number of carbonyl (C=O) groups excluding carboxylic acids is 1. The molecule has 0 saturated heterocycles. The minimum atomic E-state index is -4.81. The molecular formula is C38H46F3NO7. The molecule has 2 bridgehead atoms. The highest BCUT2D eigenvalue weighted by atomic mass is 19.4. The number of rotatable bonds is 10. The molecule has 9 unspecified atom stereocenters. The van der Waals surface area contributed by atoms with Crippen molar-refractivity contribution in [2.24, 2.45) is 33.5 Å². The Labute approximate surface area is 284 Å². The van der Waals surface area contributed by atoms with Crippen LogP contribution in [0.2, 0.25) is 0 Å². The van der Waals surface area contributed by atoms with Crippen LogP contribution in [-0.2, 0) is 6.54 Å². The summed E-state index contributed by atoms with van der Waals surface area (Å²) in [4.78, 5) is 16.3. The molecule has 1 heterocycles. The van der Waals surface area contributed by atoms with E-state index >= 15 is 0 Å². The summed E-state index contributed by atoms with van der Waals surface area (Å²) in [5, 5.41) is 43.9. The minimum absolute atomic E-state index is 0.0408. The minimum Gasteiger partial charge on any atom is -0.461 e. The molecule has 1 aromatic carbocycles. The third-order valence-electron chi connectivity index (χ3n) is 13.4. The van der Waals surface area contributed by atoms with Crippen LogP contribution in [-0.4, -0.2) is 75.0 Å². The van der Waals surface area contributed by atoms with Crippen LogP contribution in [0.25, 0.3) is 0 Å². The number of fused-ring (bicyclic) bond motifs is 1. The van der Waals surface area contributed by atoms with Gasteiger partial charge in [0.1, 0.15) is 5.75 Å². The number of halogens is 3. The van der Waals surface area contributed by atoms with Crippen molar-refractivity contribution in [1.29, 1.82) is 0 Å². The van der Waals surface area contributed by atoms with Gasteiger partial charge < -0.3 is 29.6 Å². The van der Waals surface area contributed by atoms with Crippen LogP contribution in [0.3, 0.4) is 0 Å². The lowest BCUT2D eigenvalue weighted by Gasteiger charge is -2.71. The van der Waals surface area contributed by atoms with Gasteiger partial charge in [-0.05, 0) is 92.0 Å². The van der Waals surface area contributed by atoms with Crippen molar-refractivity contribution >= 4 is 5.78 Å². The highest BCUT2D eigenvalue weighted by Gasteiger charge is 2.74. The van der Waals surface area contributed by atoms with Gasteiger partial charge in [0.2, 0.25) is 5.78 Å². The van der Waals surface area contributed by atoms with Gasteiger partial charge in [0.05, 0.1) is 30.7 Å². The second-order valence-corrected chi connectivity index (χ2v) is 15.8. The molecule has 3 fully saturated rings. The number of benzene rings is 1. The van der Waals surface area contributed by atoms with Crippen LogP contribution < -0.4 is 4.74 Å². The zero-order chi connectivity index (χ0) is 35.0. The molecule has 0 aliphatic heterocycles. The normalized spacial score (nSPS) is 38.5. The molecular weight excluding hydrogens is 639 g/mol. The second-order valence-electron chi connectivity index (χ2n) is 15.8. The molecule has 6 aliphatic rings. The first-order valence-electron chi connectivity index (χ1n) is 17.4. The highest BCUT2D eigenvalue weighted by molar-refractivity contribution is 6.08. The fraction of sp³-hybridized carbons (Fsp3) is 0.605. The smallest absolute Gasteiger partial charge is 0.461 e. The summed E-state index contributed by atoms with van der Waals surface area (Å²) < 4.78 is 47.9. The summed E-state index contributed by atoms with van der Waals surface area (Å²) >= 11 is 0. The van der Waals surface area contributed by atoms with E-state index in [-0.39, 0.29) is 54.2 Å². The SMILES string of the molecule is CC12CCC(O)CC13C=CC1(C(C(=O)c4ccco4)=C3)C2CCC2(C)C1CCC2(O)CN(Cc1ccc(OC(F)(F)F)cc1)CC(O)CO. The Balaban J connectivity index is 1.24.